The third kappa shape index (κ3) is 4.26. The molecule has 0 saturated carbocycles. The second kappa shape index (κ2) is 4.99. The molecule has 0 aliphatic rings. The number of carboxylic acid groups (broad SMARTS) is 1. The molecular weight excluding hydrogens is 240 g/mol. The minimum Gasteiger partial charge on any atom is -0.478 e. The van der Waals surface area contributed by atoms with Gasteiger partial charge in [-0.2, -0.15) is 13.2 Å². The minimum absolute atomic E-state index is 0.114. The summed E-state index contributed by atoms with van der Waals surface area (Å²) in [6, 6.07) is 4.39. The second-order valence-corrected chi connectivity index (χ2v) is 3.31. The zero-order chi connectivity index (χ0) is 13.1. The number of allylic oxidation sites excluding steroid dienone is 1. The van der Waals surface area contributed by atoms with Gasteiger partial charge >= 0.3 is 12.1 Å². The van der Waals surface area contributed by atoms with Gasteiger partial charge in [0, 0.05) is 18.1 Å². The Bertz CT molecular complexity index is 432. The Labute approximate surface area is 94.2 Å². The van der Waals surface area contributed by atoms with Gasteiger partial charge < -0.3 is 5.11 Å². The van der Waals surface area contributed by atoms with E-state index >= 15 is 0 Å². The Morgan fingerprint density at radius 1 is 1.24 bits per heavy atom. The lowest BCUT2D eigenvalue weighted by molar-refractivity contribution is -0.132. The van der Waals surface area contributed by atoms with Crippen molar-refractivity contribution in [3.8, 4) is 0 Å². The van der Waals surface area contributed by atoms with E-state index in [9.17, 15) is 22.4 Å². The Hall–Kier alpha value is -1.85. The van der Waals surface area contributed by atoms with Crippen LogP contribution in [0.1, 0.15) is 5.56 Å². The van der Waals surface area contributed by atoms with Crippen molar-refractivity contribution < 1.29 is 27.5 Å². The van der Waals surface area contributed by atoms with Crippen molar-refractivity contribution in [1.29, 1.82) is 0 Å². The summed E-state index contributed by atoms with van der Waals surface area (Å²) in [4.78, 5) is 10.3. The van der Waals surface area contributed by atoms with E-state index in [1.54, 1.807) is 0 Å². The Morgan fingerprint density at radius 2 is 1.76 bits per heavy atom. The van der Waals surface area contributed by atoms with E-state index in [0.717, 1.165) is 12.1 Å². The molecule has 0 aromatic heterocycles. The zero-order valence-electron chi connectivity index (χ0n) is 8.46. The van der Waals surface area contributed by atoms with E-state index in [2.05, 4.69) is 0 Å². The van der Waals surface area contributed by atoms with E-state index in [-0.39, 0.29) is 11.6 Å². The maximum atomic E-state index is 12.5. The lowest BCUT2D eigenvalue weighted by atomic mass is 10.0. The van der Waals surface area contributed by atoms with Crippen molar-refractivity contribution in [2.45, 2.75) is 12.6 Å². The van der Waals surface area contributed by atoms with Crippen LogP contribution in [0, 0.1) is 5.82 Å². The van der Waals surface area contributed by atoms with Gasteiger partial charge in [0.1, 0.15) is 5.82 Å². The average molecular weight is 248 g/mol. The van der Waals surface area contributed by atoms with Crippen LogP contribution in [-0.2, 0) is 11.2 Å². The summed E-state index contributed by atoms with van der Waals surface area (Å²) in [7, 11) is 0. The summed E-state index contributed by atoms with van der Waals surface area (Å²) in [5, 5.41) is 8.33. The van der Waals surface area contributed by atoms with Crippen molar-refractivity contribution in [1.82, 2.24) is 0 Å². The number of hydrogen-bond donors (Lipinski definition) is 1. The first-order chi connectivity index (χ1) is 7.79. The molecule has 1 aromatic rings. The van der Waals surface area contributed by atoms with Crippen LogP contribution >= 0.6 is 0 Å². The van der Waals surface area contributed by atoms with Crippen LogP contribution in [0.3, 0.4) is 0 Å². The van der Waals surface area contributed by atoms with Crippen molar-refractivity contribution in [2.24, 2.45) is 0 Å². The van der Waals surface area contributed by atoms with E-state index in [1.807, 2.05) is 0 Å². The smallest absolute Gasteiger partial charge is 0.413 e. The van der Waals surface area contributed by atoms with Crippen molar-refractivity contribution in [2.75, 3.05) is 0 Å². The lowest BCUT2D eigenvalue weighted by Gasteiger charge is -2.10. The van der Waals surface area contributed by atoms with Crippen LogP contribution in [-0.4, -0.2) is 17.3 Å². The van der Waals surface area contributed by atoms with E-state index in [4.69, 9.17) is 5.11 Å². The molecule has 6 heteroatoms. The van der Waals surface area contributed by atoms with E-state index in [1.165, 1.54) is 12.1 Å². The predicted molar refractivity (Wildman–Crippen MR) is 51.9 cm³/mol. The highest BCUT2D eigenvalue weighted by molar-refractivity contribution is 5.81. The fraction of sp³-hybridized carbons (Fsp3) is 0.182. The molecule has 92 valence electrons. The number of carbonyl (C=O) groups is 1. The number of rotatable bonds is 3. The molecular formula is C11H8F4O2. The highest BCUT2D eigenvalue weighted by atomic mass is 19.4. The van der Waals surface area contributed by atoms with Gasteiger partial charge in [0.2, 0.25) is 0 Å². The normalized spacial score (nSPS) is 12.6. The first-order valence-electron chi connectivity index (χ1n) is 4.54. The molecule has 0 heterocycles. The maximum absolute atomic E-state index is 12.5. The molecule has 0 radical (unpaired) electrons. The quantitative estimate of drug-likeness (QED) is 0.659. The van der Waals surface area contributed by atoms with Crippen LogP contribution in [0.25, 0.3) is 0 Å². The van der Waals surface area contributed by atoms with Gasteiger partial charge in [-0.05, 0) is 17.7 Å². The number of carboxylic acids is 1. The van der Waals surface area contributed by atoms with Crippen LogP contribution in [0.15, 0.2) is 35.9 Å². The van der Waals surface area contributed by atoms with E-state index < -0.39 is 30.0 Å². The third-order valence-corrected chi connectivity index (χ3v) is 1.97. The highest BCUT2D eigenvalue weighted by Gasteiger charge is 2.34. The van der Waals surface area contributed by atoms with Gasteiger partial charge in [-0.15, -0.1) is 0 Å². The molecule has 1 N–H and O–H groups in total. The third-order valence-electron chi connectivity index (χ3n) is 1.97. The number of alkyl halides is 3. The molecule has 0 fully saturated rings. The highest BCUT2D eigenvalue weighted by Crippen LogP contribution is 2.28. The Morgan fingerprint density at radius 3 is 2.18 bits per heavy atom. The standard InChI is InChI=1S/C11H8F4O2/c12-9-3-1-7(2-4-9)5-8(6-10(16)17)11(13,14)15/h1-4,6H,5H2,(H,16,17)/b8-6+. The van der Waals surface area contributed by atoms with Crippen molar-refractivity contribution in [3.05, 3.63) is 47.3 Å². The number of aliphatic carboxylic acids is 1. The monoisotopic (exact) mass is 248 g/mol. The summed E-state index contributed by atoms with van der Waals surface area (Å²) in [6.45, 7) is 0. The van der Waals surface area contributed by atoms with Gasteiger partial charge in [-0.1, -0.05) is 12.1 Å². The van der Waals surface area contributed by atoms with Crippen LogP contribution < -0.4 is 0 Å². The molecule has 0 saturated heterocycles. The molecule has 17 heavy (non-hydrogen) atoms. The first-order valence-corrected chi connectivity index (χ1v) is 4.54. The lowest BCUT2D eigenvalue weighted by Crippen LogP contribution is -2.15. The van der Waals surface area contributed by atoms with Crippen molar-refractivity contribution >= 4 is 5.97 Å². The molecule has 0 amide bonds. The van der Waals surface area contributed by atoms with Gasteiger partial charge in [-0.3, -0.25) is 0 Å². The molecule has 0 unspecified atom stereocenters. The topological polar surface area (TPSA) is 37.3 Å². The zero-order valence-corrected chi connectivity index (χ0v) is 8.46. The van der Waals surface area contributed by atoms with Gasteiger partial charge in [0.15, 0.2) is 0 Å². The largest absolute Gasteiger partial charge is 0.478 e. The molecule has 0 bridgehead atoms. The number of benzene rings is 1. The summed E-state index contributed by atoms with van der Waals surface area (Å²) in [5.74, 6) is -2.23. The van der Waals surface area contributed by atoms with Gasteiger partial charge in [-0.25, -0.2) is 9.18 Å². The van der Waals surface area contributed by atoms with Crippen LogP contribution in [0.2, 0.25) is 0 Å². The van der Waals surface area contributed by atoms with Crippen LogP contribution in [0.5, 0.6) is 0 Å². The molecule has 0 aliphatic heterocycles. The fourth-order valence-electron chi connectivity index (χ4n) is 1.20. The minimum atomic E-state index is -4.72. The maximum Gasteiger partial charge on any atom is 0.413 e. The summed E-state index contributed by atoms with van der Waals surface area (Å²) in [5.41, 5.74) is -0.993. The molecule has 1 aromatic carbocycles. The van der Waals surface area contributed by atoms with E-state index in [0.29, 0.717) is 0 Å². The number of halogens is 4. The van der Waals surface area contributed by atoms with Crippen molar-refractivity contribution in [3.63, 3.8) is 0 Å². The van der Waals surface area contributed by atoms with Gasteiger partial charge in [0.05, 0.1) is 0 Å². The summed E-state index contributed by atoms with van der Waals surface area (Å²) < 4.78 is 49.9. The fourth-order valence-corrected chi connectivity index (χ4v) is 1.20. The average Bonchev–Trinajstić information content (AvgIpc) is 2.18. The van der Waals surface area contributed by atoms with Crippen LogP contribution in [0.4, 0.5) is 17.6 Å². The first kappa shape index (κ1) is 13.2. The van der Waals surface area contributed by atoms with Gasteiger partial charge in [0.25, 0.3) is 0 Å². The molecule has 0 aliphatic carbocycles. The predicted octanol–water partition coefficient (Wildman–Crippen LogP) is 2.94. The second-order valence-electron chi connectivity index (χ2n) is 3.31. The molecule has 1 rings (SSSR count). The Balaban J connectivity index is 2.95. The number of hydrogen-bond acceptors (Lipinski definition) is 1. The molecule has 0 atom stereocenters. The molecule has 2 nitrogen and oxygen atoms in total. The molecule has 0 spiro atoms. The summed E-state index contributed by atoms with van der Waals surface area (Å²) in [6.07, 6.45) is -5.20. The Kier molecular flexibility index (Phi) is 3.88. The summed E-state index contributed by atoms with van der Waals surface area (Å²) >= 11 is 0. The SMILES string of the molecule is O=C(O)/C=C(\Cc1ccc(F)cc1)C(F)(F)F.